The number of rotatable bonds is 4. The summed E-state index contributed by atoms with van der Waals surface area (Å²) in [4.78, 5) is 30.5. The number of likely N-dealkylation sites (tertiary alicyclic amines) is 1. The molecule has 27 heavy (non-hydrogen) atoms. The van der Waals surface area contributed by atoms with E-state index in [9.17, 15) is 14.0 Å². The summed E-state index contributed by atoms with van der Waals surface area (Å²) in [6.07, 6.45) is 2.03. The van der Waals surface area contributed by atoms with E-state index < -0.39 is 0 Å². The Morgan fingerprint density at radius 1 is 1.07 bits per heavy atom. The number of nitrogens with zero attached hydrogens (tertiary/aromatic N) is 2. The summed E-state index contributed by atoms with van der Waals surface area (Å²) in [5, 5.41) is 1.92. The van der Waals surface area contributed by atoms with Crippen LogP contribution in [0, 0.1) is 11.7 Å². The Morgan fingerprint density at radius 3 is 2.41 bits per heavy atom. The van der Waals surface area contributed by atoms with Crippen LogP contribution in [-0.4, -0.2) is 34.7 Å². The molecule has 1 saturated heterocycles. The highest BCUT2D eigenvalue weighted by Gasteiger charge is 2.42. The van der Waals surface area contributed by atoms with Gasteiger partial charge < -0.3 is 4.90 Å². The molecule has 140 valence electrons. The molecular formula is C21H21FN2O2S. The minimum absolute atomic E-state index is 0.153. The Morgan fingerprint density at radius 2 is 1.78 bits per heavy atom. The van der Waals surface area contributed by atoms with Crippen molar-refractivity contribution in [1.29, 1.82) is 0 Å². The Labute approximate surface area is 161 Å². The van der Waals surface area contributed by atoms with Crippen LogP contribution in [-0.2, 0) is 16.1 Å². The first-order chi connectivity index (χ1) is 13.0. The molecule has 0 unspecified atom stereocenters. The van der Waals surface area contributed by atoms with E-state index >= 15 is 0 Å². The van der Waals surface area contributed by atoms with Crippen molar-refractivity contribution < 1.29 is 14.0 Å². The van der Waals surface area contributed by atoms with Gasteiger partial charge >= 0.3 is 0 Å². The average Bonchev–Trinajstić information content (AvgIpc) is 3.26. The molecule has 4 nitrogen and oxygen atoms in total. The van der Waals surface area contributed by atoms with Crippen LogP contribution in [0.15, 0.2) is 47.5 Å². The van der Waals surface area contributed by atoms with Crippen molar-refractivity contribution in [2.75, 3.05) is 13.1 Å². The molecule has 0 aliphatic carbocycles. The zero-order chi connectivity index (χ0) is 19.0. The highest BCUT2D eigenvalue weighted by molar-refractivity contribution is 7.11. The molecule has 4 rings (SSSR count). The summed E-state index contributed by atoms with van der Waals surface area (Å²) in [6, 6.07) is 9.70. The average molecular weight is 384 g/mol. The number of amides is 2. The molecule has 2 aromatic rings. The van der Waals surface area contributed by atoms with Crippen LogP contribution < -0.4 is 0 Å². The van der Waals surface area contributed by atoms with Crippen molar-refractivity contribution in [2.24, 2.45) is 5.92 Å². The molecule has 0 bridgehead atoms. The number of benzene rings is 1. The van der Waals surface area contributed by atoms with Gasteiger partial charge in [-0.3, -0.25) is 14.5 Å². The molecule has 0 radical (unpaired) electrons. The van der Waals surface area contributed by atoms with E-state index in [1.807, 2.05) is 17.5 Å². The van der Waals surface area contributed by atoms with Crippen molar-refractivity contribution in [3.8, 4) is 0 Å². The van der Waals surface area contributed by atoms with Gasteiger partial charge in [-0.25, -0.2) is 4.39 Å². The van der Waals surface area contributed by atoms with E-state index in [1.165, 1.54) is 28.4 Å². The van der Waals surface area contributed by atoms with Crippen molar-refractivity contribution in [1.82, 2.24) is 9.80 Å². The maximum atomic E-state index is 13.2. The fourth-order valence-corrected chi connectivity index (χ4v) is 4.41. The third-order valence-corrected chi connectivity index (χ3v) is 6.15. The predicted octanol–water partition coefficient (Wildman–Crippen LogP) is 3.90. The molecule has 2 aliphatic heterocycles. The number of thiophene rings is 1. The van der Waals surface area contributed by atoms with Crippen LogP contribution in [0.3, 0.4) is 0 Å². The van der Waals surface area contributed by atoms with Gasteiger partial charge in [0.15, 0.2) is 0 Å². The third kappa shape index (κ3) is 3.41. The van der Waals surface area contributed by atoms with Gasteiger partial charge in [0.25, 0.3) is 11.8 Å². The number of hydrogen-bond donors (Lipinski definition) is 0. The molecule has 3 heterocycles. The second-order valence-electron chi connectivity index (χ2n) is 7.19. The fraction of sp³-hybridized carbons (Fsp3) is 0.333. The largest absolute Gasteiger partial charge is 0.366 e. The first-order valence-electron chi connectivity index (χ1n) is 9.18. The Hall–Kier alpha value is -2.47. The monoisotopic (exact) mass is 384 g/mol. The highest BCUT2D eigenvalue weighted by atomic mass is 32.1. The van der Waals surface area contributed by atoms with Gasteiger partial charge in [0.05, 0.1) is 12.1 Å². The molecule has 2 aliphatic rings. The van der Waals surface area contributed by atoms with E-state index in [1.54, 1.807) is 12.1 Å². The van der Waals surface area contributed by atoms with Crippen LogP contribution in [0.1, 0.15) is 30.2 Å². The Bertz CT molecular complexity index is 881. The maximum Gasteiger partial charge on any atom is 0.278 e. The lowest BCUT2D eigenvalue weighted by molar-refractivity contribution is -0.138. The Balaban J connectivity index is 1.67. The van der Waals surface area contributed by atoms with Crippen LogP contribution in [0.25, 0.3) is 5.57 Å². The van der Waals surface area contributed by atoms with Crippen molar-refractivity contribution in [2.45, 2.75) is 26.3 Å². The van der Waals surface area contributed by atoms with Gasteiger partial charge in [-0.1, -0.05) is 25.1 Å². The minimum Gasteiger partial charge on any atom is -0.366 e. The molecular weight excluding hydrogens is 363 g/mol. The first-order valence-corrected chi connectivity index (χ1v) is 10.1. The number of piperidine rings is 1. The van der Waals surface area contributed by atoms with Crippen LogP contribution in [0.5, 0.6) is 0 Å². The number of halogens is 1. The topological polar surface area (TPSA) is 40.6 Å². The predicted molar refractivity (Wildman–Crippen MR) is 103 cm³/mol. The highest BCUT2D eigenvalue weighted by Crippen LogP contribution is 2.36. The molecule has 0 N–H and O–H groups in total. The van der Waals surface area contributed by atoms with Gasteiger partial charge in [-0.15, -0.1) is 11.3 Å². The SMILES string of the molecule is CC1CCN(C2=C(c3cccs3)C(=O)N(Cc3ccc(F)cc3)C2=O)CC1. The zero-order valence-corrected chi connectivity index (χ0v) is 16.0. The smallest absolute Gasteiger partial charge is 0.278 e. The second kappa shape index (κ2) is 7.27. The van der Waals surface area contributed by atoms with Crippen LogP contribution >= 0.6 is 11.3 Å². The van der Waals surface area contributed by atoms with E-state index in [4.69, 9.17) is 0 Å². The van der Waals surface area contributed by atoms with Gasteiger partial charge in [-0.05, 0) is 47.9 Å². The zero-order valence-electron chi connectivity index (χ0n) is 15.2. The first kappa shape index (κ1) is 17.9. The second-order valence-corrected chi connectivity index (χ2v) is 8.14. The number of carbonyl (C=O) groups is 2. The van der Waals surface area contributed by atoms with Crippen molar-refractivity contribution in [3.05, 3.63) is 63.7 Å². The summed E-state index contributed by atoms with van der Waals surface area (Å²) >= 11 is 1.47. The lowest BCUT2D eigenvalue weighted by Gasteiger charge is -2.32. The van der Waals surface area contributed by atoms with E-state index in [2.05, 4.69) is 11.8 Å². The summed E-state index contributed by atoms with van der Waals surface area (Å²) in [5.74, 6) is -0.212. The third-order valence-electron chi connectivity index (χ3n) is 5.26. The quantitative estimate of drug-likeness (QED) is 0.751. The number of carbonyl (C=O) groups excluding carboxylic acids is 2. The number of imide groups is 1. The molecule has 6 heteroatoms. The van der Waals surface area contributed by atoms with E-state index in [-0.39, 0.29) is 24.2 Å². The molecule has 0 spiro atoms. The lowest BCUT2D eigenvalue weighted by Crippen LogP contribution is -2.38. The van der Waals surface area contributed by atoms with E-state index in [0.29, 0.717) is 17.2 Å². The van der Waals surface area contributed by atoms with E-state index in [0.717, 1.165) is 36.4 Å². The lowest BCUT2D eigenvalue weighted by atomic mass is 9.98. The van der Waals surface area contributed by atoms with Crippen LogP contribution in [0.4, 0.5) is 4.39 Å². The van der Waals surface area contributed by atoms with Crippen LogP contribution in [0.2, 0.25) is 0 Å². The van der Waals surface area contributed by atoms with Crippen molar-refractivity contribution in [3.63, 3.8) is 0 Å². The molecule has 0 saturated carbocycles. The summed E-state index contributed by atoms with van der Waals surface area (Å²) in [7, 11) is 0. The molecule has 0 atom stereocenters. The summed E-state index contributed by atoms with van der Waals surface area (Å²) in [5.41, 5.74) is 1.76. The normalized spacial score (nSPS) is 18.7. The fourth-order valence-electron chi connectivity index (χ4n) is 3.65. The minimum atomic E-state index is -0.335. The molecule has 1 aromatic carbocycles. The molecule has 2 amide bonds. The van der Waals surface area contributed by atoms with Crippen molar-refractivity contribution >= 4 is 28.7 Å². The Kier molecular flexibility index (Phi) is 4.83. The molecule has 1 fully saturated rings. The molecule has 1 aromatic heterocycles. The van der Waals surface area contributed by atoms with Gasteiger partial charge in [0, 0.05) is 18.0 Å². The van der Waals surface area contributed by atoms with Gasteiger partial charge in [-0.2, -0.15) is 0 Å². The maximum absolute atomic E-state index is 13.2. The van der Waals surface area contributed by atoms with Gasteiger partial charge in [0.1, 0.15) is 11.5 Å². The standard InChI is InChI=1S/C21H21FN2O2S/c1-14-8-10-23(11-9-14)19-18(17-3-2-12-27-17)20(25)24(21(19)26)13-15-4-6-16(22)7-5-15/h2-7,12,14H,8-11,13H2,1H3. The summed E-state index contributed by atoms with van der Waals surface area (Å²) < 4.78 is 13.2. The number of hydrogen-bond acceptors (Lipinski definition) is 4. The van der Waals surface area contributed by atoms with Gasteiger partial charge in [0.2, 0.25) is 0 Å². The summed E-state index contributed by atoms with van der Waals surface area (Å²) in [6.45, 7) is 3.94.